The molecule has 25 heavy (non-hydrogen) atoms. The molecule has 2 N–H and O–H groups in total. The molecule has 0 atom stereocenters. The molecule has 0 fully saturated rings. The summed E-state index contributed by atoms with van der Waals surface area (Å²) in [5.41, 5.74) is -0.507. The molecule has 5 heteroatoms. The average Bonchev–Trinajstić information content (AvgIpc) is 2.69. The van der Waals surface area contributed by atoms with Crippen molar-refractivity contribution in [2.75, 3.05) is 12.4 Å². The summed E-state index contributed by atoms with van der Waals surface area (Å²) in [4.78, 5) is 17.1. The van der Waals surface area contributed by atoms with E-state index in [9.17, 15) is 9.90 Å². The molecule has 1 heterocycles. The van der Waals surface area contributed by atoms with E-state index < -0.39 is 11.5 Å². The molecule has 0 spiro atoms. The first-order chi connectivity index (χ1) is 12.2. The van der Waals surface area contributed by atoms with Crippen molar-refractivity contribution < 1.29 is 14.6 Å². The highest BCUT2D eigenvalue weighted by Crippen LogP contribution is 2.32. The second-order valence-electron chi connectivity index (χ2n) is 5.47. The number of carbonyl (C=O) groups is 1. The van der Waals surface area contributed by atoms with Gasteiger partial charge in [0.25, 0.3) is 5.91 Å². The maximum atomic E-state index is 13.1. The number of methoxy groups -OCH3 is 1. The summed E-state index contributed by atoms with van der Waals surface area (Å²) in [5, 5.41) is 14.1. The zero-order chi connectivity index (χ0) is 17.7. The molecular weight excluding hydrogens is 316 g/mol. The van der Waals surface area contributed by atoms with Gasteiger partial charge in [0.2, 0.25) is 0 Å². The zero-order valence-electron chi connectivity index (χ0n) is 13.7. The minimum Gasteiger partial charge on any atom is -0.494 e. The number of benzene rings is 2. The first-order valence-electron chi connectivity index (χ1n) is 7.79. The van der Waals surface area contributed by atoms with Crippen molar-refractivity contribution in [3.63, 3.8) is 0 Å². The van der Waals surface area contributed by atoms with Crippen LogP contribution in [-0.4, -0.2) is 23.1 Å². The van der Waals surface area contributed by atoms with E-state index in [0.717, 1.165) is 0 Å². The first kappa shape index (κ1) is 16.7. The predicted molar refractivity (Wildman–Crippen MR) is 95.3 cm³/mol. The Balaban J connectivity index is 2.05. The molecular formula is C20H18N2O3. The molecule has 3 rings (SSSR count). The lowest BCUT2D eigenvalue weighted by Gasteiger charge is -2.28. The van der Waals surface area contributed by atoms with Crippen LogP contribution in [0.2, 0.25) is 0 Å². The Morgan fingerprint density at radius 2 is 1.56 bits per heavy atom. The molecule has 0 unspecified atom stereocenters. The van der Waals surface area contributed by atoms with Crippen LogP contribution < -0.4 is 10.1 Å². The largest absolute Gasteiger partial charge is 0.494 e. The number of anilines is 1. The summed E-state index contributed by atoms with van der Waals surface area (Å²) in [6.45, 7) is 0. The van der Waals surface area contributed by atoms with Crippen molar-refractivity contribution in [2.24, 2.45) is 0 Å². The Labute approximate surface area is 145 Å². The van der Waals surface area contributed by atoms with Crippen LogP contribution in [0.25, 0.3) is 0 Å². The molecule has 0 bridgehead atoms. The van der Waals surface area contributed by atoms with Crippen molar-refractivity contribution in [3.05, 3.63) is 90.3 Å². The fraction of sp³-hybridized carbons (Fsp3) is 0.100. The fourth-order valence-corrected chi connectivity index (χ4v) is 2.65. The van der Waals surface area contributed by atoms with Crippen LogP contribution in [0.1, 0.15) is 11.1 Å². The second-order valence-corrected chi connectivity index (χ2v) is 5.47. The van der Waals surface area contributed by atoms with Crippen molar-refractivity contribution in [1.82, 2.24) is 4.98 Å². The standard InChI is InChI=1S/C20H18N2O3/c1-25-18-12-13-21-14-17(18)22-19(23)20(24,15-8-4-2-5-9-15)16-10-6-3-7-11-16/h2-14,24H,1H3,(H,22,23). The lowest BCUT2D eigenvalue weighted by Crippen LogP contribution is -2.41. The van der Waals surface area contributed by atoms with E-state index in [-0.39, 0.29) is 0 Å². The highest BCUT2D eigenvalue weighted by Gasteiger charge is 2.40. The molecule has 0 saturated carbocycles. The Hall–Kier alpha value is -3.18. The van der Waals surface area contributed by atoms with Crippen molar-refractivity contribution in [1.29, 1.82) is 0 Å². The van der Waals surface area contributed by atoms with Crippen LogP contribution in [0.3, 0.4) is 0 Å². The lowest BCUT2D eigenvalue weighted by atomic mass is 9.85. The van der Waals surface area contributed by atoms with Gasteiger partial charge in [-0.1, -0.05) is 60.7 Å². The Morgan fingerprint density at radius 3 is 2.08 bits per heavy atom. The topological polar surface area (TPSA) is 71.5 Å². The van der Waals surface area contributed by atoms with Gasteiger partial charge in [-0.15, -0.1) is 0 Å². The number of hydrogen-bond donors (Lipinski definition) is 2. The first-order valence-corrected chi connectivity index (χ1v) is 7.79. The minimum atomic E-state index is -1.84. The molecule has 3 aromatic rings. The smallest absolute Gasteiger partial charge is 0.265 e. The summed E-state index contributed by atoms with van der Waals surface area (Å²) in [7, 11) is 1.51. The van der Waals surface area contributed by atoms with Gasteiger partial charge in [-0.25, -0.2) is 0 Å². The van der Waals surface area contributed by atoms with Crippen molar-refractivity contribution in [3.8, 4) is 5.75 Å². The lowest BCUT2D eigenvalue weighted by molar-refractivity contribution is -0.131. The maximum absolute atomic E-state index is 13.1. The quantitative estimate of drug-likeness (QED) is 0.752. The molecule has 2 aromatic carbocycles. The number of aromatic nitrogens is 1. The van der Waals surface area contributed by atoms with Crippen LogP contribution >= 0.6 is 0 Å². The molecule has 0 aliphatic heterocycles. The zero-order valence-corrected chi connectivity index (χ0v) is 13.7. The van der Waals surface area contributed by atoms with E-state index in [1.165, 1.54) is 13.3 Å². The molecule has 0 aliphatic carbocycles. The molecule has 1 amide bonds. The van der Waals surface area contributed by atoms with E-state index in [2.05, 4.69) is 10.3 Å². The van der Waals surface area contributed by atoms with Gasteiger partial charge >= 0.3 is 0 Å². The van der Waals surface area contributed by atoms with Gasteiger partial charge in [0.05, 0.1) is 13.3 Å². The SMILES string of the molecule is COc1ccncc1NC(=O)C(O)(c1ccccc1)c1ccccc1. The number of hydrogen-bond acceptors (Lipinski definition) is 4. The third kappa shape index (κ3) is 3.22. The summed E-state index contributed by atoms with van der Waals surface area (Å²) >= 11 is 0. The fourth-order valence-electron chi connectivity index (χ4n) is 2.65. The Kier molecular flexibility index (Phi) is 4.77. The number of amides is 1. The van der Waals surface area contributed by atoms with Crippen LogP contribution in [0.15, 0.2) is 79.1 Å². The van der Waals surface area contributed by atoms with E-state index in [0.29, 0.717) is 22.6 Å². The van der Waals surface area contributed by atoms with Crippen LogP contribution in [0, 0.1) is 0 Å². The van der Waals surface area contributed by atoms with Crippen LogP contribution in [0.4, 0.5) is 5.69 Å². The maximum Gasteiger partial charge on any atom is 0.265 e. The molecule has 0 saturated heterocycles. The number of ether oxygens (including phenoxy) is 1. The van der Waals surface area contributed by atoms with E-state index >= 15 is 0 Å². The third-order valence-corrected chi connectivity index (χ3v) is 3.96. The average molecular weight is 334 g/mol. The summed E-state index contributed by atoms with van der Waals surface area (Å²) in [6.07, 6.45) is 3.04. The summed E-state index contributed by atoms with van der Waals surface area (Å²) in [6, 6.07) is 19.3. The normalized spacial score (nSPS) is 11.0. The van der Waals surface area contributed by atoms with Gasteiger partial charge in [-0.2, -0.15) is 0 Å². The summed E-state index contributed by atoms with van der Waals surface area (Å²) < 4.78 is 5.23. The van der Waals surface area contributed by atoms with Gasteiger partial charge in [-0.3, -0.25) is 9.78 Å². The third-order valence-electron chi connectivity index (χ3n) is 3.96. The highest BCUT2D eigenvalue weighted by atomic mass is 16.5. The molecule has 0 aliphatic rings. The van der Waals surface area contributed by atoms with Gasteiger partial charge in [0, 0.05) is 12.3 Å². The number of pyridine rings is 1. The minimum absolute atomic E-state index is 0.389. The van der Waals surface area contributed by atoms with E-state index in [4.69, 9.17) is 4.74 Å². The molecule has 5 nitrogen and oxygen atoms in total. The Morgan fingerprint density at radius 1 is 1.00 bits per heavy atom. The monoisotopic (exact) mass is 334 g/mol. The van der Waals surface area contributed by atoms with Gasteiger partial charge in [0.15, 0.2) is 5.60 Å². The van der Waals surface area contributed by atoms with E-state index in [1.54, 1.807) is 60.8 Å². The summed E-state index contributed by atoms with van der Waals surface area (Å²) in [5.74, 6) is -0.122. The number of nitrogens with zero attached hydrogens (tertiary/aromatic N) is 1. The van der Waals surface area contributed by atoms with Crippen molar-refractivity contribution in [2.45, 2.75) is 5.60 Å². The van der Waals surface area contributed by atoms with Crippen molar-refractivity contribution >= 4 is 11.6 Å². The molecule has 1 aromatic heterocycles. The number of nitrogens with one attached hydrogen (secondary N) is 1. The van der Waals surface area contributed by atoms with Crippen LogP contribution in [0.5, 0.6) is 5.75 Å². The second kappa shape index (κ2) is 7.15. The highest BCUT2D eigenvalue weighted by molar-refractivity contribution is 6.01. The number of aliphatic hydroxyl groups is 1. The van der Waals surface area contributed by atoms with Gasteiger partial charge in [-0.05, 0) is 11.1 Å². The van der Waals surface area contributed by atoms with Gasteiger partial charge < -0.3 is 15.2 Å². The number of rotatable bonds is 5. The Bertz CT molecular complexity index is 812. The van der Waals surface area contributed by atoms with Crippen LogP contribution in [-0.2, 0) is 10.4 Å². The number of carbonyl (C=O) groups excluding carboxylic acids is 1. The van der Waals surface area contributed by atoms with Gasteiger partial charge in [0.1, 0.15) is 11.4 Å². The molecule has 0 radical (unpaired) electrons. The van der Waals surface area contributed by atoms with E-state index in [1.807, 2.05) is 12.1 Å². The molecule has 126 valence electrons. The predicted octanol–water partition coefficient (Wildman–Crippen LogP) is 2.96.